The Kier molecular flexibility index (Phi) is 4.09. The average molecular weight is 232 g/mol. The highest BCUT2D eigenvalue weighted by molar-refractivity contribution is 6.29. The number of aromatic nitrogens is 1. The lowest BCUT2D eigenvalue weighted by Crippen LogP contribution is -2.24. The summed E-state index contributed by atoms with van der Waals surface area (Å²) < 4.78 is 0. The highest BCUT2D eigenvalue weighted by atomic mass is 35.5. The topological polar surface area (TPSA) is 87.5 Å². The van der Waals surface area contributed by atoms with Crippen molar-refractivity contribution in [3.05, 3.63) is 22.8 Å². The fraction of sp³-hybridized carbons (Fsp3) is 0.200. The van der Waals surface area contributed by atoms with Crippen LogP contribution in [0, 0.1) is 34.0 Å². The molecule has 0 radical (unpaired) electrons. The average Bonchev–Trinajstić information content (AvgIpc) is 2.28. The van der Waals surface area contributed by atoms with Crippen LogP contribution in [-0.2, 0) is 0 Å². The van der Waals surface area contributed by atoms with Crippen molar-refractivity contribution < 1.29 is 0 Å². The van der Waals surface area contributed by atoms with Gasteiger partial charge in [0.2, 0.25) is 0 Å². The van der Waals surface area contributed by atoms with E-state index in [9.17, 15) is 0 Å². The summed E-state index contributed by atoms with van der Waals surface area (Å²) in [7, 11) is 0. The first-order valence-electron chi connectivity index (χ1n) is 4.27. The van der Waals surface area contributed by atoms with E-state index in [4.69, 9.17) is 27.4 Å². The first kappa shape index (κ1) is 11.8. The molecule has 0 N–H and O–H groups in total. The Morgan fingerprint density at radius 3 is 2.31 bits per heavy atom. The third-order valence-corrected chi connectivity index (χ3v) is 1.95. The van der Waals surface area contributed by atoms with Gasteiger partial charge in [0.05, 0.1) is 23.8 Å². The largest absolute Gasteiger partial charge is 0.330 e. The highest BCUT2D eigenvalue weighted by Crippen LogP contribution is 2.17. The molecule has 0 saturated heterocycles. The molecule has 16 heavy (non-hydrogen) atoms. The standard InChI is InChI=1S/C10H6ClN5/c11-9-5-8(7-14)6-10(15-9)16(3-1-12)4-2-13/h5-6H,3-4H2. The molecule has 78 valence electrons. The Morgan fingerprint density at radius 1 is 1.19 bits per heavy atom. The molecule has 0 aromatic carbocycles. The van der Waals surface area contributed by atoms with E-state index in [-0.39, 0.29) is 18.2 Å². The van der Waals surface area contributed by atoms with Crippen LogP contribution in [0.4, 0.5) is 5.82 Å². The molecular formula is C10H6ClN5. The van der Waals surface area contributed by atoms with Crippen molar-refractivity contribution in [2.45, 2.75) is 0 Å². The zero-order chi connectivity index (χ0) is 12.0. The summed E-state index contributed by atoms with van der Waals surface area (Å²) in [5, 5.41) is 26.1. The second-order valence-corrected chi connectivity index (χ2v) is 3.21. The monoisotopic (exact) mass is 231 g/mol. The lowest BCUT2D eigenvalue weighted by atomic mass is 10.3. The Labute approximate surface area is 97.7 Å². The minimum absolute atomic E-state index is 0.0196. The molecule has 0 fully saturated rings. The molecule has 0 bridgehead atoms. The molecule has 0 atom stereocenters. The van der Waals surface area contributed by atoms with Crippen LogP contribution in [0.5, 0.6) is 0 Å². The van der Waals surface area contributed by atoms with E-state index >= 15 is 0 Å². The van der Waals surface area contributed by atoms with Gasteiger partial charge in [-0.2, -0.15) is 15.8 Å². The van der Waals surface area contributed by atoms with E-state index in [2.05, 4.69) is 4.98 Å². The van der Waals surface area contributed by atoms with E-state index < -0.39 is 0 Å². The van der Waals surface area contributed by atoms with Gasteiger partial charge in [0.15, 0.2) is 0 Å². The van der Waals surface area contributed by atoms with Gasteiger partial charge in [-0.25, -0.2) is 4.98 Å². The normalized spacial score (nSPS) is 8.62. The van der Waals surface area contributed by atoms with Crippen molar-refractivity contribution in [1.29, 1.82) is 15.8 Å². The predicted molar refractivity (Wildman–Crippen MR) is 57.4 cm³/mol. The van der Waals surface area contributed by atoms with Gasteiger partial charge in [-0.1, -0.05) is 11.6 Å². The number of rotatable bonds is 3. The maximum Gasteiger partial charge on any atom is 0.133 e. The van der Waals surface area contributed by atoms with Crippen LogP contribution in [0.25, 0.3) is 0 Å². The number of hydrogen-bond donors (Lipinski definition) is 0. The summed E-state index contributed by atoms with van der Waals surface area (Å²) in [4.78, 5) is 5.39. The minimum Gasteiger partial charge on any atom is -0.330 e. The van der Waals surface area contributed by atoms with E-state index in [1.807, 2.05) is 18.2 Å². The summed E-state index contributed by atoms with van der Waals surface area (Å²) in [6.45, 7) is 0.0392. The van der Waals surface area contributed by atoms with Crippen molar-refractivity contribution in [3.8, 4) is 18.2 Å². The van der Waals surface area contributed by atoms with Gasteiger partial charge < -0.3 is 4.90 Å². The van der Waals surface area contributed by atoms with Gasteiger partial charge in [-0.3, -0.25) is 0 Å². The molecule has 0 saturated carbocycles. The van der Waals surface area contributed by atoms with E-state index in [0.717, 1.165) is 0 Å². The third-order valence-electron chi connectivity index (χ3n) is 1.76. The molecule has 5 nitrogen and oxygen atoms in total. The zero-order valence-electron chi connectivity index (χ0n) is 8.18. The summed E-state index contributed by atoms with van der Waals surface area (Å²) in [6, 6.07) is 8.67. The van der Waals surface area contributed by atoms with Crippen LogP contribution >= 0.6 is 11.6 Å². The number of hydrogen-bond acceptors (Lipinski definition) is 5. The predicted octanol–water partition coefficient (Wildman–Crippen LogP) is 1.46. The Hall–Kier alpha value is -2.29. The number of pyridine rings is 1. The smallest absolute Gasteiger partial charge is 0.133 e. The van der Waals surface area contributed by atoms with Crippen LogP contribution in [-0.4, -0.2) is 18.1 Å². The number of nitriles is 3. The first-order chi connectivity index (χ1) is 7.71. The van der Waals surface area contributed by atoms with Gasteiger partial charge >= 0.3 is 0 Å². The molecule has 0 amide bonds. The summed E-state index contributed by atoms with van der Waals surface area (Å²) in [5.41, 5.74) is 0.343. The van der Waals surface area contributed by atoms with Crippen LogP contribution in [0.2, 0.25) is 5.15 Å². The molecule has 0 unspecified atom stereocenters. The molecule has 0 aliphatic heterocycles. The van der Waals surface area contributed by atoms with Gasteiger partial charge in [-0.15, -0.1) is 0 Å². The van der Waals surface area contributed by atoms with E-state index in [1.165, 1.54) is 17.0 Å². The van der Waals surface area contributed by atoms with Crippen LogP contribution in [0.1, 0.15) is 5.56 Å². The molecule has 0 aliphatic rings. The third kappa shape index (κ3) is 2.85. The van der Waals surface area contributed by atoms with Gasteiger partial charge in [0.25, 0.3) is 0 Å². The van der Waals surface area contributed by atoms with E-state index in [1.54, 1.807) is 0 Å². The maximum absolute atomic E-state index is 8.74. The zero-order valence-corrected chi connectivity index (χ0v) is 8.94. The Bertz CT molecular complexity index is 489. The summed E-state index contributed by atoms with van der Waals surface area (Å²) in [5.74, 6) is 0.354. The summed E-state index contributed by atoms with van der Waals surface area (Å²) in [6.07, 6.45) is 0. The molecule has 0 aliphatic carbocycles. The molecule has 1 aromatic rings. The molecule has 1 heterocycles. The van der Waals surface area contributed by atoms with Crippen molar-refractivity contribution in [1.82, 2.24) is 4.98 Å². The van der Waals surface area contributed by atoms with E-state index in [0.29, 0.717) is 11.4 Å². The second kappa shape index (κ2) is 5.56. The van der Waals surface area contributed by atoms with Gasteiger partial charge in [-0.05, 0) is 12.1 Å². The Morgan fingerprint density at radius 2 is 1.81 bits per heavy atom. The molecule has 1 rings (SSSR count). The van der Waals surface area contributed by atoms with Crippen molar-refractivity contribution >= 4 is 17.4 Å². The lowest BCUT2D eigenvalue weighted by Gasteiger charge is -2.16. The molecule has 1 aromatic heterocycles. The van der Waals surface area contributed by atoms with Gasteiger partial charge in [0.1, 0.15) is 24.1 Å². The summed E-state index contributed by atoms with van der Waals surface area (Å²) >= 11 is 5.72. The number of nitrogens with zero attached hydrogens (tertiary/aromatic N) is 5. The maximum atomic E-state index is 8.74. The quantitative estimate of drug-likeness (QED) is 0.581. The number of halogens is 1. The minimum atomic E-state index is 0.0196. The highest BCUT2D eigenvalue weighted by Gasteiger charge is 2.09. The Balaban J connectivity index is 3.11. The fourth-order valence-corrected chi connectivity index (χ4v) is 1.30. The van der Waals surface area contributed by atoms with Crippen molar-refractivity contribution in [3.63, 3.8) is 0 Å². The SMILES string of the molecule is N#CCN(CC#N)c1cc(C#N)cc(Cl)n1. The lowest BCUT2D eigenvalue weighted by molar-refractivity contribution is 0.935. The second-order valence-electron chi connectivity index (χ2n) is 2.82. The van der Waals surface area contributed by atoms with Crippen LogP contribution in [0.15, 0.2) is 12.1 Å². The molecule has 0 spiro atoms. The van der Waals surface area contributed by atoms with Crippen molar-refractivity contribution in [2.24, 2.45) is 0 Å². The fourth-order valence-electron chi connectivity index (χ4n) is 1.10. The van der Waals surface area contributed by atoms with Crippen LogP contribution < -0.4 is 4.90 Å². The molecular weight excluding hydrogens is 226 g/mol. The first-order valence-corrected chi connectivity index (χ1v) is 4.65. The van der Waals surface area contributed by atoms with Gasteiger partial charge in [0, 0.05) is 0 Å². The number of anilines is 1. The van der Waals surface area contributed by atoms with Crippen molar-refractivity contribution in [2.75, 3.05) is 18.0 Å². The molecule has 6 heteroatoms. The van der Waals surface area contributed by atoms with Crippen LogP contribution in [0.3, 0.4) is 0 Å².